The lowest BCUT2D eigenvalue weighted by Gasteiger charge is -2.21. The standard InChI is InChI=1S/C14H29N3O3/c15-6-8-19-10-11-20-9-7-16-14(18)17-12-13-4-2-1-3-5-13/h13H,1-12,15H2,(H2,16,17,18). The van der Waals surface area contributed by atoms with Gasteiger partial charge in [-0.05, 0) is 18.8 Å². The van der Waals surface area contributed by atoms with Crippen LogP contribution in [0.25, 0.3) is 0 Å². The van der Waals surface area contributed by atoms with Gasteiger partial charge in [0.05, 0.1) is 26.4 Å². The Hall–Kier alpha value is -0.850. The predicted octanol–water partition coefficient (Wildman–Crippen LogP) is 0.858. The van der Waals surface area contributed by atoms with Gasteiger partial charge in [0, 0.05) is 19.6 Å². The van der Waals surface area contributed by atoms with Crippen LogP contribution in [0.1, 0.15) is 32.1 Å². The predicted molar refractivity (Wildman–Crippen MR) is 78.7 cm³/mol. The van der Waals surface area contributed by atoms with Gasteiger partial charge < -0.3 is 25.8 Å². The van der Waals surface area contributed by atoms with Gasteiger partial charge in [0.1, 0.15) is 0 Å². The molecule has 1 rings (SSSR count). The molecule has 6 heteroatoms. The highest BCUT2D eigenvalue weighted by Crippen LogP contribution is 2.22. The van der Waals surface area contributed by atoms with E-state index in [0.717, 1.165) is 6.54 Å². The van der Waals surface area contributed by atoms with Crippen LogP contribution < -0.4 is 16.4 Å². The van der Waals surface area contributed by atoms with Crippen LogP contribution in [-0.4, -0.2) is 52.1 Å². The van der Waals surface area contributed by atoms with Gasteiger partial charge in [-0.2, -0.15) is 0 Å². The second kappa shape index (κ2) is 11.9. The molecule has 0 spiro atoms. The highest BCUT2D eigenvalue weighted by molar-refractivity contribution is 5.73. The molecule has 1 aliphatic carbocycles. The van der Waals surface area contributed by atoms with Crippen molar-refractivity contribution in [3.8, 4) is 0 Å². The van der Waals surface area contributed by atoms with Crippen LogP contribution in [0.4, 0.5) is 4.79 Å². The van der Waals surface area contributed by atoms with Crippen molar-refractivity contribution in [2.24, 2.45) is 11.7 Å². The second-order valence-electron chi connectivity index (χ2n) is 5.15. The minimum Gasteiger partial charge on any atom is -0.378 e. The van der Waals surface area contributed by atoms with Gasteiger partial charge in [-0.15, -0.1) is 0 Å². The number of hydrogen-bond donors (Lipinski definition) is 3. The molecule has 1 aliphatic rings. The Morgan fingerprint density at radius 2 is 1.70 bits per heavy atom. The van der Waals surface area contributed by atoms with Gasteiger partial charge in [-0.25, -0.2) is 4.79 Å². The van der Waals surface area contributed by atoms with Crippen molar-refractivity contribution in [3.63, 3.8) is 0 Å². The van der Waals surface area contributed by atoms with Gasteiger partial charge in [-0.3, -0.25) is 0 Å². The van der Waals surface area contributed by atoms with Crippen LogP contribution in [0.2, 0.25) is 0 Å². The molecule has 2 amide bonds. The quantitative estimate of drug-likeness (QED) is 0.520. The Kier molecular flexibility index (Phi) is 10.3. The lowest BCUT2D eigenvalue weighted by Crippen LogP contribution is -2.40. The number of nitrogens with two attached hydrogens (primary N) is 1. The fraction of sp³-hybridized carbons (Fsp3) is 0.929. The number of rotatable bonds is 10. The van der Waals surface area contributed by atoms with Crippen LogP contribution in [-0.2, 0) is 9.47 Å². The Bertz CT molecular complexity index is 246. The van der Waals surface area contributed by atoms with E-state index in [1.165, 1.54) is 32.1 Å². The molecule has 0 aromatic rings. The van der Waals surface area contributed by atoms with E-state index < -0.39 is 0 Å². The summed E-state index contributed by atoms with van der Waals surface area (Å²) in [6.07, 6.45) is 6.43. The maximum atomic E-state index is 11.5. The summed E-state index contributed by atoms with van der Waals surface area (Å²) in [7, 11) is 0. The first-order chi connectivity index (χ1) is 9.83. The van der Waals surface area contributed by atoms with E-state index in [9.17, 15) is 4.79 Å². The summed E-state index contributed by atoms with van der Waals surface area (Å²) in [4.78, 5) is 11.5. The SMILES string of the molecule is NCCOCCOCCNC(=O)NCC1CCCCC1. The average Bonchev–Trinajstić information content (AvgIpc) is 2.49. The zero-order valence-electron chi connectivity index (χ0n) is 12.4. The number of carbonyl (C=O) groups is 1. The van der Waals surface area contributed by atoms with Crippen molar-refractivity contribution in [1.29, 1.82) is 0 Å². The highest BCUT2D eigenvalue weighted by Gasteiger charge is 2.13. The van der Waals surface area contributed by atoms with Gasteiger partial charge >= 0.3 is 6.03 Å². The summed E-state index contributed by atoms with van der Waals surface area (Å²) in [5.41, 5.74) is 5.29. The number of urea groups is 1. The molecule has 1 fully saturated rings. The van der Waals surface area contributed by atoms with Crippen molar-refractivity contribution in [2.45, 2.75) is 32.1 Å². The summed E-state index contributed by atoms with van der Waals surface area (Å²) in [6, 6.07) is -0.0986. The molecule has 0 heterocycles. The van der Waals surface area contributed by atoms with Crippen molar-refractivity contribution in [1.82, 2.24) is 10.6 Å². The van der Waals surface area contributed by atoms with Gasteiger partial charge in [-0.1, -0.05) is 19.3 Å². The highest BCUT2D eigenvalue weighted by atomic mass is 16.5. The Morgan fingerprint density at radius 1 is 1.00 bits per heavy atom. The van der Waals surface area contributed by atoms with E-state index in [2.05, 4.69) is 10.6 Å². The third-order valence-corrected chi connectivity index (χ3v) is 3.44. The van der Waals surface area contributed by atoms with E-state index in [1.54, 1.807) is 0 Å². The molecular weight excluding hydrogens is 258 g/mol. The monoisotopic (exact) mass is 287 g/mol. The third kappa shape index (κ3) is 9.12. The van der Waals surface area contributed by atoms with Crippen LogP contribution >= 0.6 is 0 Å². The van der Waals surface area contributed by atoms with Crippen LogP contribution in [0.5, 0.6) is 0 Å². The second-order valence-corrected chi connectivity index (χ2v) is 5.15. The fourth-order valence-corrected chi connectivity index (χ4v) is 2.33. The molecule has 6 nitrogen and oxygen atoms in total. The normalized spacial score (nSPS) is 16.1. The molecule has 4 N–H and O–H groups in total. The van der Waals surface area contributed by atoms with Crippen LogP contribution in [0, 0.1) is 5.92 Å². The number of amides is 2. The Morgan fingerprint density at radius 3 is 2.40 bits per heavy atom. The number of hydrogen-bond acceptors (Lipinski definition) is 4. The minimum absolute atomic E-state index is 0.0986. The van der Waals surface area contributed by atoms with Gasteiger partial charge in [0.25, 0.3) is 0 Å². The lowest BCUT2D eigenvalue weighted by molar-refractivity contribution is 0.0524. The first kappa shape index (κ1) is 17.2. The van der Waals surface area contributed by atoms with E-state index in [1.807, 2.05) is 0 Å². The summed E-state index contributed by atoms with van der Waals surface area (Å²) >= 11 is 0. The van der Waals surface area contributed by atoms with Gasteiger partial charge in [0.15, 0.2) is 0 Å². The Balaban J connectivity index is 1.84. The molecule has 1 saturated carbocycles. The molecule has 0 aromatic carbocycles. The molecule has 0 bridgehead atoms. The van der Waals surface area contributed by atoms with Crippen LogP contribution in [0.15, 0.2) is 0 Å². The third-order valence-electron chi connectivity index (χ3n) is 3.44. The fourth-order valence-electron chi connectivity index (χ4n) is 2.33. The van der Waals surface area contributed by atoms with Crippen molar-refractivity contribution in [2.75, 3.05) is 46.1 Å². The summed E-state index contributed by atoms with van der Waals surface area (Å²) < 4.78 is 10.5. The molecule has 0 aliphatic heterocycles. The molecular formula is C14H29N3O3. The number of carbonyl (C=O) groups excluding carboxylic acids is 1. The van der Waals surface area contributed by atoms with E-state index in [-0.39, 0.29) is 6.03 Å². The molecule has 20 heavy (non-hydrogen) atoms. The largest absolute Gasteiger partial charge is 0.378 e. The molecule has 118 valence electrons. The first-order valence-electron chi connectivity index (χ1n) is 7.70. The van der Waals surface area contributed by atoms with Crippen molar-refractivity contribution in [3.05, 3.63) is 0 Å². The molecule has 0 unspecified atom stereocenters. The van der Waals surface area contributed by atoms with E-state index >= 15 is 0 Å². The zero-order valence-corrected chi connectivity index (χ0v) is 12.4. The zero-order chi connectivity index (χ0) is 14.5. The average molecular weight is 287 g/mol. The topological polar surface area (TPSA) is 85.6 Å². The molecule has 0 saturated heterocycles. The van der Waals surface area contributed by atoms with Crippen molar-refractivity contribution >= 4 is 6.03 Å². The Labute approximate surface area is 121 Å². The van der Waals surface area contributed by atoms with Gasteiger partial charge in [0.2, 0.25) is 0 Å². The summed E-state index contributed by atoms with van der Waals surface area (Å²) in [5, 5.41) is 5.72. The maximum Gasteiger partial charge on any atom is 0.314 e. The van der Waals surface area contributed by atoms with Crippen LogP contribution in [0.3, 0.4) is 0 Å². The van der Waals surface area contributed by atoms with E-state index in [0.29, 0.717) is 45.4 Å². The van der Waals surface area contributed by atoms with Crippen molar-refractivity contribution < 1.29 is 14.3 Å². The minimum atomic E-state index is -0.0986. The summed E-state index contributed by atoms with van der Waals surface area (Å²) in [6.45, 7) is 3.99. The molecule has 0 radical (unpaired) electrons. The maximum absolute atomic E-state index is 11.5. The number of ether oxygens (including phenoxy) is 2. The lowest BCUT2D eigenvalue weighted by atomic mass is 9.89. The smallest absolute Gasteiger partial charge is 0.314 e. The number of nitrogens with one attached hydrogen (secondary N) is 2. The molecule has 0 atom stereocenters. The first-order valence-corrected chi connectivity index (χ1v) is 7.70. The summed E-state index contributed by atoms with van der Waals surface area (Å²) in [5.74, 6) is 0.658. The van der Waals surface area contributed by atoms with E-state index in [4.69, 9.17) is 15.2 Å². The molecule has 0 aromatic heterocycles.